The van der Waals surface area contributed by atoms with Gasteiger partial charge in [0.15, 0.2) is 0 Å². The van der Waals surface area contributed by atoms with Crippen LogP contribution in [-0.2, 0) is 9.53 Å². The maximum atomic E-state index is 12.4. The van der Waals surface area contributed by atoms with Crippen molar-refractivity contribution in [3.05, 3.63) is 40.2 Å². The fourth-order valence-electron chi connectivity index (χ4n) is 3.25. The van der Waals surface area contributed by atoms with Crippen LogP contribution < -0.4 is 0 Å². The van der Waals surface area contributed by atoms with Gasteiger partial charge in [-0.15, -0.1) is 21.5 Å². The van der Waals surface area contributed by atoms with E-state index in [2.05, 4.69) is 10.2 Å². The van der Waals surface area contributed by atoms with Gasteiger partial charge in [0.05, 0.1) is 18.6 Å². The number of ether oxygens (including phenoxy) is 1. The standard InChI is InChI=1S/C16H17N3O3S/c1-10-17-18-16(22-10)13-9-21-14-8-19(7-12(13)14)15(20)5-4-11-3-2-6-23-11/h2-6,12-14H,7-9H2,1H3/b5-4+/t12-,13+,14-/m1/s1. The fourth-order valence-corrected chi connectivity index (χ4v) is 3.87. The molecule has 2 aromatic rings. The number of fused-ring (bicyclic) bond motifs is 1. The molecule has 3 atom stereocenters. The molecule has 4 heterocycles. The molecule has 2 aromatic heterocycles. The zero-order chi connectivity index (χ0) is 15.8. The van der Waals surface area contributed by atoms with Crippen LogP contribution in [0.2, 0.25) is 0 Å². The number of hydrogen-bond donors (Lipinski definition) is 0. The molecule has 2 aliphatic heterocycles. The van der Waals surface area contributed by atoms with Crippen LogP contribution in [-0.4, -0.2) is 46.8 Å². The Labute approximate surface area is 137 Å². The van der Waals surface area contributed by atoms with Crippen molar-refractivity contribution in [1.29, 1.82) is 0 Å². The lowest BCUT2D eigenvalue weighted by Gasteiger charge is -2.16. The molecule has 7 heteroatoms. The van der Waals surface area contributed by atoms with E-state index in [-0.39, 0.29) is 23.8 Å². The summed E-state index contributed by atoms with van der Waals surface area (Å²) in [6.07, 6.45) is 3.56. The molecule has 2 aliphatic rings. The van der Waals surface area contributed by atoms with Crippen LogP contribution in [0.1, 0.15) is 22.6 Å². The predicted molar refractivity (Wildman–Crippen MR) is 84.9 cm³/mol. The number of likely N-dealkylation sites (tertiary alicyclic amines) is 1. The number of rotatable bonds is 3. The molecule has 2 fully saturated rings. The zero-order valence-corrected chi connectivity index (χ0v) is 13.5. The van der Waals surface area contributed by atoms with E-state index in [1.54, 1.807) is 24.3 Å². The summed E-state index contributed by atoms with van der Waals surface area (Å²) in [4.78, 5) is 15.3. The molecule has 23 heavy (non-hydrogen) atoms. The number of carbonyl (C=O) groups is 1. The van der Waals surface area contributed by atoms with E-state index in [0.29, 0.717) is 31.5 Å². The lowest BCUT2D eigenvalue weighted by Crippen LogP contribution is -2.29. The highest BCUT2D eigenvalue weighted by molar-refractivity contribution is 7.10. The number of amides is 1. The van der Waals surface area contributed by atoms with Crippen LogP contribution in [0, 0.1) is 12.8 Å². The minimum Gasteiger partial charge on any atom is -0.425 e. The van der Waals surface area contributed by atoms with Crippen LogP contribution in [0.25, 0.3) is 6.08 Å². The molecule has 120 valence electrons. The molecular weight excluding hydrogens is 314 g/mol. The van der Waals surface area contributed by atoms with Crippen molar-refractivity contribution in [2.45, 2.75) is 18.9 Å². The third kappa shape index (κ3) is 2.82. The largest absolute Gasteiger partial charge is 0.425 e. The van der Waals surface area contributed by atoms with Gasteiger partial charge in [0.2, 0.25) is 17.7 Å². The summed E-state index contributed by atoms with van der Waals surface area (Å²) in [7, 11) is 0. The van der Waals surface area contributed by atoms with Gasteiger partial charge in [0.1, 0.15) is 0 Å². The van der Waals surface area contributed by atoms with Crippen molar-refractivity contribution in [3.8, 4) is 0 Å². The molecule has 6 nitrogen and oxygen atoms in total. The number of aromatic nitrogens is 2. The maximum Gasteiger partial charge on any atom is 0.246 e. The Morgan fingerprint density at radius 3 is 3.09 bits per heavy atom. The summed E-state index contributed by atoms with van der Waals surface area (Å²) in [5, 5.41) is 10.0. The van der Waals surface area contributed by atoms with Gasteiger partial charge in [0.25, 0.3) is 0 Å². The average Bonchev–Trinajstić information content (AvgIpc) is 3.28. The van der Waals surface area contributed by atoms with Gasteiger partial charge < -0.3 is 14.1 Å². The van der Waals surface area contributed by atoms with Crippen LogP contribution in [0.4, 0.5) is 0 Å². The quantitative estimate of drug-likeness (QED) is 0.806. The van der Waals surface area contributed by atoms with Crippen LogP contribution in [0.15, 0.2) is 28.0 Å². The number of aryl methyl sites for hydroxylation is 1. The Morgan fingerprint density at radius 2 is 2.35 bits per heavy atom. The third-order valence-electron chi connectivity index (χ3n) is 4.42. The second-order valence-electron chi connectivity index (χ2n) is 5.89. The van der Waals surface area contributed by atoms with Crippen molar-refractivity contribution in [2.24, 2.45) is 5.92 Å². The molecule has 0 radical (unpaired) electrons. The van der Waals surface area contributed by atoms with Gasteiger partial charge in [-0.25, -0.2) is 0 Å². The molecule has 2 saturated heterocycles. The highest BCUT2D eigenvalue weighted by atomic mass is 32.1. The molecule has 0 aromatic carbocycles. The van der Waals surface area contributed by atoms with E-state index in [9.17, 15) is 4.79 Å². The zero-order valence-electron chi connectivity index (χ0n) is 12.7. The monoisotopic (exact) mass is 331 g/mol. The summed E-state index contributed by atoms with van der Waals surface area (Å²) >= 11 is 1.61. The van der Waals surface area contributed by atoms with E-state index < -0.39 is 0 Å². The molecule has 1 amide bonds. The lowest BCUT2D eigenvalue weighted by molar-refractivity contribution is -0.125. The highest BCUT2D eigenvalue weighted by Gasteiger charge is 2.47. The van der Waals surface area contributed by atoms with Crippen molar-refractivity contribution in [3.63, 3.8) is 0 Å². The Balaban J connectivity index is 1.43. The Kier molecular flexibility index (Phi) is 3.74. The van der Waals surface area contributed by atoms with Crippen molar-refractivity contribution in [2.75, 3.05) is 19.7 Å². The smallest absolute Gasteiger partial charge is 0.246 e. The first-order chi connectivity index (χ1) is 11.2. The number of carbonyl (C=O) groups excluding carboxylic acids is 1. The SMILES string of the molecule is Cc1nnc([C@H]2CO[C@@H]3CN(C(=O)/C=C/c4cccs4)C[C@H]23)o1. The van der Waals surface area contributed by atoms with E-state index in [1.165, 1.54) is 0 Å². The van der Waals surface area contributed by atoms with E-state index in [0.717, 1.165) is 4.88 Å². The predicted octanol–water partition coefficient (Wildman–Crippen LogP) is 2.09. The topological polar surface area (TPSA) is 68.5 Å². The van der Waals surface area contributed by atoms with Crippen molar-refractivity contribution in [1.82, 2.24) is 15.1 Å². The fraction of sp³-hybridized carbons (Fsp3) is 0.438. The van der Waals surface area contributed by atoms with Crippen LogP contribution in [0.5, 0.6) is 0 Å². The van der Waals surface area contributed by atoms with Crippen molar-refractivity contribution < 1.29 is 13.9 Å². The summed E-state index contributed by atoms with van der Waals surface area (Å²) in [6, 6.07) is 3.96. The van der Waals surface area contributed by atoms with Gasteiger partial charge in [-0.05, 0) is 17.5 Å². The Hall–Kier alpha value is -1.99. The second-order valence-corrected chi connectivity index (χ2v) is 6.87. The Bertz CT molecular complexity index is 725. The summed E-state index contributed by atoms with van der Waals surface area (Å²) in [6.45, 7) is 3.67. The first-order valence-corrected chi connectivity index (χ1v) is 8.51. The van der Waals surface area contributed by atoms with E-state index in [1.807, 2.05) is 28.5 Å². The summed E-state index contributed by atoms with van der Waals surface area (Å²) in [5.74, 6) is 1.53. The van der Waals surface area contributed by atoms with E-state index in [4.69, 9.17) is 9.15 Å². The number of hydrogen-bond acceptors (Lipinski definition) is 6. The third-order valence-corrected chi connectivity index (χ3v) is 5.26. The van der Waals surface area contributed by atoms with Gasteiger partial charge in [-0.1, -0.05) is 6.07 Å². The van der Waals surface area contributed by atoms with Gasteiger partial charge in [-0.2, -0.15) is 0 Å². The molecule has 0 aliphatic carbocycles. The van der Waals surface area contributed by atoms with Gasteiger partial charge >= 0.3 is 0 Å². The Morgan fingerprint density at radius 1 is 1.43 bits per heavy atom. The lowest BCUT2D eigenvalue weighted by atomic mass is 9.93. The highest BCUT2D eigenvalue weighted by Crippen LogP contribution is 2.39. The maximum absolute atomic E-state index is 12.4. The minimum atomic E-state index is 0.0249. The van der Waals surface area contributed by atoms with Crippen LogP contribution >= 0.6 is 11.3 Å². The molecule has 0 N–H and O–H groups in total. The normalized spacial score (nSPS) is 27.0. The number of thiophene rings is 1. The molecule has 0 saturated carbocycles. The molecule has 0 unspecified atom stereocenters. The molecule has 0 bridgehead atoms. The van der Waals surface area contributed by atoms with Crippen molar-refractivity contribution >= 4 is 23.3 Å². The first kappa shape index (κ1) is 14.6. The second kappa shape index (κ2) is 5.90. The molecule has 4 rings (SSSR count). The first-order valence-electron chi connectivity index (χ1n) is 7.63. The van der Waals surface area contributed by atoms with Gasteiger partial charge in [-0.3, -0.25) is 4.79 Å². The number of nitrogens with zero attached hydrogens (tertiary/aromatic N) is 3. The summed E-state index contributed by atoms with van der Waals surface area (Å²) < 4.78 is 11.4. The average molecular weight is 331 g/mol. The molecule has 0 spiro atoms. The van der Waals surface area contributed by atoms with Gasteiger partial charge in [0, 0.05) is 36.9 Å². The van der Waals surface area contributed by atoms with Crippen LogP contribution in [0.3, 0.4) is 0 Å². The summed E-state index contributed by atoms with van der Waals surface area (Å²) in [5.41, 5.74) is 0. The minimum absolute atomic E-state index is 0.0249. The van der Waals surface area contributed by atoms with E-state index >= 15 is 0 Å². The molecular formula is C16H17N3O3S.